The highest BCUT2D eigenvalue weighted by molar-refractivity contribution is 7.99. The van der Waals surface area contributed by atoms with Crippen molar-refractivity contribution in [3.8, 4) is 0 Å². The second-order valence-corrected chi connectivity index (χ2v) is 12.0. The van der Waals surface area contributed by atoms with Crippen LogP contribution in [0.25, 0.3) is 0 Å². The van der Waals surface area contributed by atoms with E-state index in [0.717, 1.165) is 5.56 Å². The minimum absolute atomic E-state index is 0.209. The van der Waals surface area contributed by atoms with Crippen molar-refractivity contribution in [2.75, 3.05) is 18.2 Å². The molecular weight excluding hydrogens is 561 g/mol. The number of quaternary nitrogens is 1. The summed E-state index contributed by atoms with van der Waals surface area (Å²) in [6, 6.07) is 26.3. The van der Waals surface area contributed by atoms with Crippen LogP contribution in [0.15, 0.2) is 91.0 Å². The third-order valence-corrected chi connectivity index (χ3v) is 9.09. The second-order valence-electron chi connectivity index (χ2n) is 10.0. The molecule has 214 valence electrons. The molecule has 1 aliphatic heterocycles. The monoisotopic (exact) mass is 595 g/mol. The maximum Gasteiger partial charge on any atom is 0.614 e. The van der Waals surface area contributed by atoms with Gasteiger partial charge in [0.25, 0.3) is 5.91 Å². The van der Waals surface area contributed by atoms with E-state index >= 15 is 0 Å². The number of para-hydroxylation sites is 1. The van der Waals surface area contributed by atoms with Gasteiger partial charge in [-0.15, -0.1) is 4.52 Å². The molecule has 1 heterocycles. The SMILES string of the molecule is CC(CC(Cc1ccccc1)NC(=O)c1ccccc1)O[P+](=O)NC1CSC[N+](CC(=O)O)(c2ccccc2)C1=O. The molecule has 11 heteroatoms. The van der Waals surface area contributed by atoms with Crippen molar-refractivity contribution in [3.05, 3.63) is 102 Å². The Balaban J connectivity index is 1.41. The number of thioether (sulfide) groups is 1. The van der Waals surface area contributed by atoms with E-state index in [4.69, 9.17) is 4.52 Å². The van der Waals surface area contributed by atoms with Crippen molar-refractivity contribution in [2.45, 2.75) is 38.0 Å². The third kappa shape index (κ3) is 8.31. The molecule has 3 N–H and O–H groups in total. The maximum absolute atomic E-state index is 13.6. The lowest BCUT2D eigenvalue weighted by Crippen LogP contribution is -2.65. The average Bonchev–Trinajstić information content (AvgIpc) is 2.96. The number of hydrogen-bond donors (Lipinski definition) is 3. The van der Waals surface area contributed by atoms with Crippen molar-refractivity contribution in [1.82, 2.24) is 14.9 Å². The molecule has 1 saturated heterocycles. The Morgan fingerprint density at radius 1 is 1.02 bits per heavy atom. The summed E-state index contributed by atoms with van der Waals surface area (Å²) in [5.41, 5.74) is 2.15. The number of carbonyl (C=O) groups is 3. The number of carboxylic acids is 1. The number of carbonyl (C=O) groups excluding carboxylic acids is 2. The van der Waals surface area contributed by atoms with Crippen LogP contribution in [0.2, 0.25) is 0 Å². The van der Waals surface area contributed by atoms with Crippen LogP contribution in [0.1, 0.15) is 29.3 Å². The summed E-state index contributed by atoms with van der Waals surface area (Å²) in [6.45, 7) is 1.36. The highest BCUT2D eigenvalue weighted by atomic mass is 32.2. The molecule has 2 amide bonds. The van der Waals surface area contributed by atoms with Gasteiger partial charge in [0.05, 0.1) is 0 Å². The van der Waals surface area contributed by atoms with Crippen LogP contribution < -0.4 is 14.9 Å². The Labute approximate surface area is 244 Å². The predicted octanol–water partition coefficient (Wildman–Crippen LogP) is 4.76. The molecular formula is C30H34N3O6PS+2. The van der Waals surface area contributed by atoms with E-state index in [1.54, 1.807) is 61.5 Å². The van der Waals surface area contributed by atoms with Gasteiger partial charge in [-0.05, 0) is 54.2 Å². The molecule has 0 spiro atoms. The standard InChI is InChI=1S/C30H32N3O6PS/c1-22(17-25(18-23-11-5-2-6-12-23)31-29(36)24-13-7-3-8-14-24)39-40(38)32-27-20-41-21-33(30(27)37,19-28(34)35)26-15-9-4-10-16-26/h2-16,22,25,27H,17-21H2,1H3,(H-2,31,32,34,35,36,38)/p+2. The average molecular weight is 596 g/mol. The quantitative estimate of drug-likeness (QED) is 0.191. The summed E-state index contributed by atoms with van der Waals surface area (Å²) < 4.78 is 18.5. The van der Waals surface area contributed by atoms with E-state index in [1.807, 2.05) is 36.4 Å². The van der Waals surface area contributed by atoms with Gasteiger partial charge in [-0.3, -0.25) is 4.79 Å². The van der Waals surface area contributed by atoms with Gasteiger partial charge in [0, 0.05) is 17.4 Å². The molecule has 0 aliphatic carbocycles. The molecule has 5 atom stereocenters. The van der Waals surface area contributed by atoms with Gasteiger partial charge >= 0.3 is 20.1 Å². The lowest BCUT2D eigenvalue weighted by molar-refractivity contribution is -0.143. The Morgan fingerprint density at radius 3 is 2.27 bits per heavy atom. The van der Waals surface area contributed by atoms with Crippen LogP contribution >= 0.6 is 19.9 Å². The third-order valence-electron chi connectivity index (χ3n) is 6.82. The Morgan fingerprint density at radius 2 is 1.63 bits per heavy atom. The van der Waals surface area contributed by atoms with Gasteiger partial charge in [-0.2, -0.15) is 0 Å². The van der Waals surface area contributed by atoms with Gasteiger partial charge in [-0.25, -0.2) is 14.1 Å². The Hall–Kier alpha value is -3.40. The van der Waals surface area contributed by atoms with Crippen LogP contribution in [0, 0.1) is 0 Å². The molecule has 5 unspecified atom stereocenters. The first-order valence-electron chi connectivity index (χ1n) is 13.3. The summed E-state index contributed by atoms with van der Waals surface area (Å²) in [4.78, 5) is 38.3. The summed E-state index contributed by atoms with van der Waals surface area (Å²) in [7, 11) is -2.46. The fourth-order valence-corrected chi connectivity index (χ4v) is 7.23. The molecule has 1 aliphatic rings. The van der Waals surface area contributed by atoms with Crippen molar-refractivity contribution in [3.63, 3.8) is 0 Å². The molecule has 3 aromatic carbocycles. The Bertz CT molecular complexity index is 1350. The van der Waals surface area contributed by atoms with E-state index in [9.17, 15) is 24.1 Å². The summed E-state index contributed by atoms with van der Waals surface area (Å²) in [5.74, 6) is -1.06. The molecule has 1 fully saturated rings. The molecule has 0 saturated carbocycles. The first-order chi connectivity index (χ1) is 19.8. The van der Waals surface area contributed by atoms with Crippen LogP contribution in [0.5, 0.6) is 0 Å². The number of aliphatic carboxylic acids is 1. The number of carboxylic acid groups (broad SMARTS) is 1. The maximum atomic E-state index is 13.6. The largest absolute Gasteiger partial charge is 0.614 e. The molecule has 9 nitrogen and oxygen atoms in total. The number of amides is 2. The number of nitrogens with zero attached hydrogens (tertiary/aromatic N) is 1. The summed E-state index contributed by atoms with van der Waals surface area (Å²) >= 11 is 1.42. The number of rotatable bonds is 13. The van der Waals surface area contributed by atoms with Gasteiger partial charge in [0.2, 0.25) is 0 Å². The highest BCUT2D eigenvalue weighted by Crippen LogP contribution is 2.34. The normalized spacial score (nSPS) is 20.6. The zero-order chi connectivity index (χ0) is 29.2. The topological polar surface area (TPSA) is 122 Å². The number of nitrogens with one attached hydrogen (secondary N) is 2. The van der Waals surface area contributed by atoms with Crippen LogP contribution in [-0.2, 0) is 25.1 Å². The summed E-state index contributed by atoms with van der Waals surface area (Å²) in [5, 5.41) is 15.5. The van der Waals surface area contributed by atoms with E-state index in [2.05, 4.69) is 10.4 Å². The van der Waals surface area contributed by atoms with E-state index in [0.29, 0.717) is 29.8 Å². The highest BCUT2D eigenvalue weighted by Gasteiger charge is 2.51. The molecule has 4 rings (SSSR count). The van der Waals surface area contributed by atoms with Crippen molar-refractivity contribution < 1.29 is 28.6 Å². The fourth-order valence-electron chi connectivity index (χ4n) is 4.93. The number of hydrogen-bond acceptors (Lipinski definition) is 6. The molecule has 0 bridgehead atoms. The zero-order valence-corrected chi connectivity index (χ0v) is 24.4. The minimum Gasteiger partial charge on any atom is -0.477 e. The van der Waals surface area contributed by atoms with Gasteiger partial charge in [0.15, 0.2) is 12.6 Å². The van der Waals surface area contributed by atoms with Crippen LogP contribution in [0.3, 0.4) is 0 Å². The molecule has 0 aromatic heterocycles. The van der Waals surface area contributed by atoms with Crippen molar-refractivity contribution in [2.24, 2.45) is 0 Å². The van der Waals surface area contributed by atoms with E-state index in [1.165, 1.54) is 11.8 Å². The molecule has 0 radical (unpaired) electrons. The van der Waals surface area contributed by atoms with Gasteiger partial charge in [0.1, 0.15) is 17.7 Å². The molecule has 41 heavy (non-hydrogen) atoms. The fraction of sp³-hybridized carbons (Fsp3) is 0.300. The summed E-state index contributed by atoms with van der Waals surface area (Å²) in [6.07, 6.45) is 0.420. The van der Waals surface area contributed by atoms with Crippen LogP contribution in [-0.4, -0.2) is 59.3 Å². The molecule has 3 aromatic rings. The lowest BCUT2D eigenvalue weighted by atomic mass is 10.0. The zero-order valence-electron chi connectivity index (χ0n) is 22.7. The van der Waals surface area contributed by atoms with Gasteiger partial charge < -0.3 is 10.4 Å². The first-order valence-corrected chi connectivity index (χ1v) is 15.7. The van der Waals surface area contributed by atoms with E-state index in [-0.39, 0.29) is 28.2 Å². The van der Waals surface area contributed by atoms with Gasteiger partial charge in [-0.1, -0.05) is 83.6 Å². The lowest BCUT2D eigenvalue weighted by Gasteiger charge is -2.38. The smallest absolute Gasteiger partial charge is 0.477 e. The van der Waals surface area contributed by atoms with Crippen molar-refractivity contribution in [1.29, 1.82) is 0 Å². The number of benzene rings is 3. The predicted molar refractivity (Wildman–Crippen MR) is 161 cm³/mol. The first kappa shape index (κ1) is 30.6. The second kappa shape index (κ2) is 14.5. The van der Waals surface area contributed by atoms with Crippen LogP contribution in [0.4, 0.5) is 5.69 Å². The minimum atomic E-state index is -2.46. The van der Waals surface area contributed by atoms with E-state index < -0.39 is 32.8 Å². The Kier molecular flexibility index (Phi) is 10.8. The van der Waals surface area contributed by atoms with Crippen molar-refractivity contribution >= 4 is 43.4 Å².